The van der Waals surface area contributed by atoms with Gasteiger partial charge >= 0.3 is 0 Å². The van der Waals surface area contributed by atoms with Crippen LogP contribution in [0.4, 0.5) is 0 Å². The number of hydrogen-bond acceptors (Lipinski definition) is 3. The molecule has 1 unspecified atom stereocenters. The van der Waals surface area contributed by atoms with E-state index < -0.39 is 0 Å². The van der Waals surface area contributed by atoms with Crippen LogP contribution in [0.3, 0.4) is 0 Å². The van der Waals surface area contributed by atoms with Crippen LogP contribution < -0.4 is 16.5 Å². The van der Waals surface area contributed by atoms with Gasteiger partial charge in [-0.15, -0.1) is 0 Å². The zero-order valence-electron chi connectivity index (χ0n) is 9.32. The number of carbonyl (C=O) groups excluding carboxylic acids is 1. The zero-order chi connectivity index (χ0) is 12.0. The van der Waals surface area contributed by atoms with Crippen molar-refractivity contribution in [2.24, 2.45) is 11.7 Å². The van der Waals surface area contributed by atoms with E-state index in [0.717, 1.165) is 6.42 Å². The van der Waals surface area contributed by atoms with Crippen molar-refractivity contribution in [1.29, 1.82) is 0 Å². The first kappa shape index (κ1) is 12.4. The summed E-state index contributed by atoms with van der Waals surface area (Å²) < 4.78 is 0. The van der Waals surface area contributed by atoms with Crippen LogP contribution in [-0.4, -0.2) is 24.0 Å². The van der Waals surface area contributed by atoms with Crippen LogP contribution in [0.25, 0.3) is 0 Å². The standard InChI is InChI=1S/C11H17N3O2/c1-8(2-4-12)6-14-11(16)9-7-13-5-3-10(9)15/h3,5,7-8H,2,4,6,12H2,1H3,(H,13,15)(H,14,16). The van der Waals surface area contributed by atoms with Crippen LogP contribution in [0.2, 0.25) is 0 Å². The van der Waals surface area contributed by atoms with Gasteiger partial charge in [-0.3, -0.25) is 9.59 Å². The van der Waals surface area contributed by atoms with Gasteiger partial charge in [-0.2, -0.15) is 0 Å². The molecule has 1 heterocycles. The first-order valence-corrected chi connectivity index (χ1v) is 5.30. The largest absolute Gasteiger partial charge is 0.367 e. The average molecular weight is 223 g/mol. The summed E-state index contributed by atoms with van der Waals surface area (Å²) in [5, 5.41) is 2.71. The molecule has 0 fully saturated rings. The number of nitrogens with one attached hydrogen (secondary N) is 2. The molecule has 1 aromatic rings. The Balaban J connectivity index is 2.54. The third kappa shape index (κ3) is 3.51. The fraction of sp³-hybridized carbons (Fsp3) is 0.455. The van der Waals surface area contributed by atoms with E-state index in [1.54, 1.807) is 0 Å². The van der Waals surface area contributed by atoms with Crippen LogP contribution in [0.1, 0.15) is 23.7 Å². The second-order valence-electron chi connectivity index (χ2n) is 3.81. The van der Waals surface area contributed by atoms with Gasteiger partial charge in [0.25, 0.3) is 5.91 Å². The normalized spacial score (nSPS) is 12.1. The highest BCUT2D eigenvalue weighted by Gasteiger charge is 2.10. The minimum Gasteiger partial charge on any atom is -0.367 e. The number of carbonyl (C=O) groups is 1. The van der Waals surface area contributed by atoms with E-state index in [1.165, 1.54) is 18.5 Å². The van der Waals surface area contributed by atoms with E-state index in [9.17, 15) is 9.59 Å². The van der Waals surface area contributed by atoms with Gasteiger partial charge in [0.05, 0.1) is 0 Å². The third-order valence-electron chi connectivity index (χ3n) is 2.34. The summed E-state index contributed by atoms with van der Waals surface area (Å²) in [5.74, 6) is -0.0255. The first-order chi connectivity index (χ1) is 7.65. The maximum atomic E-state index is 11.6. The SMILES string of the molecule is CC(CCN)CNC(=O)c1c[nH]ccc1=O. The van der Waals surface area contributed by atoms with Crippen molar-refractivity contribution in [3.63, 3.8) is 0 Å². The Labute approximate surface area is 94.1 Å². The van der Waals surface area contributed by atoms with E-state index >= 15 is 0 Å². The molecule has 0 aliphatic rings. The van der Waals surface area contributed by atoms with Gasteiger partial charge in [0.1, 0.15) is 5.56 Å². The Hall–Kier alpha value is -1.62. The van der Waals surface area contributed by atoms with Gasteiger partial charge in [0.2, 0.25) is 0 Å². The van der Waals surface area contributed by atoms with E-state index in [1.807, 2.05) is 6.92 Å². The van der Waals surface area contributed by atoms with Crippen molar-refractivity contribution >= 4 is 5.91 Å². The average Bonchev–Trinajstić information content (AvgIpc) is 2.27. The monoisotopic (exact) mass is 223 g/mol. The molecule has 88 valence electrons. The maximum Gasteiger partial charge on any atom is 0.256 e. The van der Waals surface area contributed by atoms with E-state index in [2.05, 4.69) is 10.3 Å². The molecule has 1 atom stereocenters. The van der Waals surface area contributed by atoms with Crippen molar-refractivity contribution in [2.75, 3.05) is 13.1 Å². The second kappa shape index (κ2) is 6.07. The third-order valence-corrected chi connectivity index (χ3v) is 2.34. The number of aromatic amines is 1. The van der Waals surface area contributed by atoms with Crippen LogP contribution in [0, 0.1) is 5.92 Å². The predicted molar refractivity (Wildman–Crippen MR) is 62.2 cm³/mol. The zero-order valence-corrected chi connectivity index (χ0v) is 9.32. The van der Waals surface area contributed by atoms with Crippen LogP contribution >= 0.6 is 0 Å². The molecule has 0 bridgehead atoms. The van der Waals surface area contributed by atoms with Crippen molar-refractivity contribution in [3.8, 4) is 0 Å². The number of amides is 1. The molecule has 0 saturated carbocycles. The lowest BCUT2D eigenvalue weighted by Crippen LogP contribution is -2.32. The molecule has 5 heteroatoms. The lowest BCUT2D eigenvalue weighted by atomic mass is 10.1. The number of pyridine rings is 1. The molecular formula is C11H17N3O2. The molecule has 0 saturated heterocycles. The van der Waals surface area contributed by atoms with Crippen molar-refractivity contribution in [3.05, 3.63) is 34.2 Å². The summed E-state index contributed by atoms with van der Waals surface area (Å²) in [4.78, 5) is 25.7. The fourth-order valence-electron chi connectivity index (χ4n) is 1.34. The fourth-order valence-corrected chi connectivity index (χ4v) is 1.34. The molecule has 5 nitrogen and oxygen atoms in total. The Morgan fingerprint density at radius 3 is 3.00 bits per heavy atom. The molecule has 1 aromatic heterocycles. The molecular weight excluding hydrogens is 206 g/mol. The molecule has 0 aliphatic carbocycles. The number of rotatable bonds is 5. The summed E-state index contributed by atoms with van der Waals surface area (Å²) in [6, 6.07) is 1.33. The summed E-state index contributed by atoms with van der Waals surface area (Å²) >= 11 is 0. The minimum atomic E-state index is -0.342. The first-order valence-electron chi connectivity index (χ1n) is 5.30. The van der Waals surface area contributed by atoms with Gasteiger partial charge in [-0.25, -0.2) is 0 Å². The van der Waals surface area contributed by atoms with Gasteiger partial charge < -0.3 is 16.0 Å². The van der Waals surface area contributed by atoms with E-state index in [-0.39, 0.29) is 16.9 Å². The molecule has 1 rings (SSSR count). The van der Waals surface area contributed by atoms with Crippen LogP contribution in [0.5, 0.6) is 0 Å². The molecule has 4 N–H and O–H groups in total. The Bertz CT molecular complexity index is 400. The Kier molecular flexibility index (Phi) is 4.72. The maximum absolute atomic E-state index is 11.6. The highest BCUT2D eigenvalue weighted by molar-refractivity contribution is 5.93. The Morgan fingerprint density at radius 1 is 1.62 bits per heavy atom. The topological polar surface area (TPSA) is 88.0 Å². The summed E-state index contributed by atoms with van der Waals surface area (Å²) in [6.45, 7) is 3.13. The molecule has 1 amide bonds. The van der Waals surface area contributed by atoms with Crippen molar-refractivity contribution < 1.29 is 4.79 Å². The summed E-state index contributed by atoms with van der Waals surface area (Å²) in [5.41, 5.74) is 5.27. The molecule has 16 heavy (non-hydrogen) atoms. The summed E-state index contributed by atoms with van der Waals surface area (Å²) in [7, 11) is 0. The second-order valence-corrected chi connectivity index (χ2v) is 3.81. The number of aromatic nitrogens is 1. The van der Waals surface area contributed by atoms with Gasteiger partial charge in [0.15, 0.2) is 5.43 Å². The van der Waals surface area contributed by atoms with E-state index in [0.29, 0.717) is 19.0 Å². The van der Waals surface area contributed by atoms with Crippen molar-refractivity contribution in [1.82, 2.24) is 10.3 Å². The highest BCUT2D eigenvalue weighted by Crippen LogP contribution is 1.98. The van der Waals surface area contributed by atoms with Gasteiger partial charge in [0, 0.05) is 25.0 Å². The lowest BCUT2D eigenvalue weighted by molar-refractivity contribution is 0.0946. The lowest BCUT2D eigenvalue weighted by Gasteiger charge is -2.10. The van der Waals surface area contributed by atoms with Gasteiger partial charge in [-0.05, 0) is 18.9 Å². The number of H-pyrrole nitrogens is 1. The summed E-state index contributed by atoms with van der Waals surface area (Å²) in [6.07, 6.45) is 3.76. The number of nitrogens with two attached hydrogens (primary N) is 1. The van der Waals surface area contributed by atoms with Gasteiger partial charge in [-0.1, -0.05) is 6.92 Å². The molecule has 0 aliphatic heterocycles. The van der Waals surface area contributed by atoms with Crippen molar-refractivity contribution in [2.45, 2.75) is 13.3 Å². The van der Waals surface area contributed by atoms with Crippen LogP contribution in [0.15, 0.2) is 23.3 Å². The minimum absolute atomic E-state index is 0.141. The smallest absolute Gasteiger partial charge is 0.256 e. The van der Waals surface area contributed by atoms with Crippen LogP contribution in [-0.2, 0) is 0 Å². The highest BCUT2D eigenvalue weighted by atomic mass is 16.2. The predicted octanol–water partition coefficient (Wildman–Crippen LogP) is 0.0896. The quantitative estimate of drug-likeness (QED) is 0.661. The molecule has 0 aromatic carbocycles. The molecule has 0 radical (unpaired) electrons. The Morgan fingerprint density at radius 2 is 2.38 bits per heavy atom. The molecule has 0 spiro atoms. The van der Waals surface area contributed by atoms with E-state index in [4.69, 9.17) is 5.73 Å². The number of hydrogen-bond donors (Lipinski definition) is 3.